The number of nitrogens with one attached hydrogen (secondary N) is 1. The van der Waals surface area contributed by atoms with E-state index in [-0.39, 0.29) is 23.8 Å². The van der Waals surface area contributed by atoms with Gasteiger partial charge in [0.2, 0.25) is 11.8 Å². The van der Waals surface area contributed by atoms with E-state index in [0.29, 0.717) is 32.7 Å². The Labute approximate surface area is 144 Å². The van der Waals surface area contributed by atoms with Gasteiger partial charge in [-0.3, -0.25) is 9.59 Å². The molecule has 1 saturated heterocycles. The Kier molecular flexibility index (Phi) is 7.25. The van der Waals surface area contributed by atoms with Crippen molar-refractivity contribution in [2.45, 2.75) is 39.2 Å². The van der Waals surface area contributed by atoms with Crippen molar-refractivity contribution in [3.8, 4) is 0 Å². The Morgan fingerprint density at radius 1 is 1.33 bits per heavy atom. The second kappa shape index (κ2) is 9.42. The molecule has 132 valence electrons. The van der Waals surface area contributed by atoms with Crippen molar-refractivity contribution in [2.24, 2.45) is 5.92 Å². The van der Waals surface area contributed by atoms with E-state index in [4.69, 9.17) is 4.74 Å². The van der Waals surface area contributed by atoms with E-state index in [0.717, 1.165) is 12.8 Å². The summed E-state index contributed by atoms with van der Waals surface area (Å²) < 4.78 is 5.44. The fraction of sp³-hybridized carbons (Fsp3) is 0.579. The molecular formula is C19H28N2O3. The maximum absolute atomic E-state index is 12.2. The highest BCUT2D eigenvalue weighted by Gasteiger charge is 2.33. The molecule has 0 radical (unpaired) electrons. The molecule has 0 spiro atoms. The molecule has 1 aliphatic heterocycles. The maximum atomic E-state index is 12.2. The van der Waals surface area contributed by atoms with Gasteiger partial charge in [0.1, 0.15) is 0 Å². The fourth-order valence-corrected chi connectivity index (χ4v) is 2.82. The number of hydrogen-bond acceptors (Lipinski definition) is 3. The topological polar surface area (TPSA) is 58.6 Å². The zero-order valence-electron chi connectivity index (χ0n) is 14.7. The van der Waals surface area contributed by atoms with Gasteiger partial charge in [0.15, 0.2) is 0 Å². The largest absolute Gasteiger partial charge is 0.379 e. The first-order chi connectivity index (χ1) is 11.6. The average Bonchev–Trinajstić information content (AvgIpc) is 2.94. The maximum Gasteiger partial charge on any atom is 0.225 e. The zero-order chi connectivity index (χ0) is 17.4. The molecule has 1 aromatic rings. The Morgan fingerprint density at radius 3 is 2.79 bits per heavy atom. The van der Waals surface area contributed by atoms with Crippen molar-refractivity contribution in [1.82, 2.24) is 10.2 Å². The van der Waals surface area contributed by atoms with E-state index in [1.165, 1.54) is 5.56 Å². The van der Waals surface area contributed by atoms with Crippen LogP contribution in [-0.2, 0) is 20.7 Å². The lowest BCUT2D eigenvalue weighted by molar-refractivity contribution is -0.129. The van der Waals surface area contributed by atoms with Crippen molar-refractivity contribution >= 4 is 11.8 Å². The second-order valence-electron chi connectivity index (χ2n) is 6.54. The summed E-state index contributed by atoms with van der Waals surface area (Å²) in [5, 5.41) is 2.92. The summed E-state index contributed by atoms with van der Waals surface area (Å²) in [6, 6.07) is 10.1. The average molecular weight is 332 g/mol. The molecule has 5 heteroatoms. The van der Waals surface area contributed by atoms with Crippen LogP contribution in [0.3, 0.4) is 0 Å². The molecule has 1 atom stereocenters. The van der Waals surface area contributed by atoms with Crippen LogP contribution in [0.2, 0.25) is 0 Å². The Morgan fingerprint density at radius 2 is 2.08 bits per heavy atom. The first-order valence-corrected chi connectivity index (χ1v) is 8.77. The van der Waals surface area contributed by atoms with Crippen molar-refractivity contribution < 1.29 is 14.3 Å². The number of benzene rings is 1. The lowest BCUT2D eigenvalue weighted by Crippen LogP contribution is -2.34. The second-order valence-corrected chi connectivity index (χ2v) is 6.54. The molecule has 2 amide bonds. The molecule has 1 fully saturated rings. The number of nitrogens with zero attached hydrogens (tertiary/aromatic N) is 1. The number of amides is 2. The van der Waals surface area contributed by atoms with Crippen LogP contribution in [0, 0.1) is 5.92 Å². The van der Waals surface area contributed by atoms with E-state index in [9.17, 15) is 9.59 Å². The molecule has 1 heterocycles. The van der Waals surface area contributed by atoms with Crippen LogP contribution in [0.5, 0.6) is 0 Å². The molecule has 24 heavy (non-hydrogen) atoms. The van der Waals surface area contributed by atoms with E-state index in [2.05, 4.69) is 17.4 Å². The summed E-state index contributed by atoms with van der Waals surface area (Å²) in [5.41, 5.74) is 1.21. The highest BCUT2D eigenvalue weighted by Crippen LogP contribution is 2.18. The van der Waals surface area contributed by atoms with Gasteiger partial charge in [-0.25, -0.2) is 0 Å². The van der Waals surface area contributed by atoms with Gasteiger partial charge in [-0.05, 0) is 32.3 Å². The van der Waals surface area contributed by atoms with E-state index in [1.807, 2.05) is 32.0 Å². The summed E-state index contributed by atoms with van der Waals surface area (Å²) in [5.74, 6) is -0.163. The quantitative estimate of drug-likeness (QED) is 0.704. The first-order valence-electron chi connectivity index (χ1n) is 8.77. The van der Waals surface area contributed by atoms with Crippen molar-refractivity contribution in [1.29, 1.82) is 0 Å². The van der Waals surface area contributed by atoms with Crippen LogP contribution in [0.4, 0.5) is 0 Å². The third kappa shape index (κ3) is 5.96. The molecule has 1 aliphatic rings. The SMILES string of the molecule is CC(C)OCCCNC(=O)[C@@H]1CC(=O)N(CCc2ccccc2)C1. The number of hydrogen-bond donors (Lipinski definition) is 1. The summed E-state index contributed by atoms with van der Waals surface area (Å²) in [4.78, 5) is 26.1. The van der Waals surface area contributed by atoms with Gasteiger partial charge in [0.25, 0.3) is 0 Å². The highest BCUT2D eigenvalue weighted by molar-refractivity contribution is 5.89. The van der Waals surface area contributed by atoms with Gasteiger partial charge in [-0.1, -0.05) is 30.3 Å². The predicted octanol–water partition coefficient (Wildman–Crippen LogP) is 2.01. The van der Waals surface area contributed by atoms with Crippen molar-refractivity contribution in [3.63, 3.8) is 0 Å². The van der Waals surface area contributed by atoms with Crippen molar-refractivity contribution in [3.05, 3.63) is 35.9 Å². The molecule has 0 aromatic heterocycles. The summed E-state index contributed by atoms with van der Waals surface area (Å²) in [7, 11) is 0. The Balaban J connectivity index is 1.68. The van der Waals surface area contributed by atoms with Gasteiger partial charge in [-0.2, -0.15) is 0 Å². The van der Waals surface area contributed by atoms with Gasteiger partial charge < -0.3 is 15.0 Å². The van der Waals surface area contributed by atoms with Crippen LogP contribution >= 0.6 is 0 Å². The standard InChI is InChI=1S/C19H28N2O3/c1-15(2)24-12-6-10-20-19(23)17-13-18(22)21(14-17)11-9-16-7-4-3-5-8-16/h3-5,7-8,15,17H,6,9-14H2,1-2H3,(H,20,23)/t17-/m1/s1. The van der Waals surface area contributed by atoms with Gasteiger partial charge in [0, 0.05) is 32.7 Å². The number of likely N-dealkylation sites (tertiary alicyclic amines) is 1. The van der Waals surface area contributed by atoms with Crippen LogP contribution in [0.1, 0.15) is 32.3 Å². The van der Waals surface area contributed by atoms with Crippen LogP contribution in [-0.4, -0.2) is 49.1 Å². The zero-order valence-corrected chi connectivity index (χ0v) is 14.7. The number of rotatable bonds is 9. The normalized spacial score (nSPS) is 17.5. The smallest absolute Gasteiger partial charge is 0.225 e. The first kappa shape index (κ1) is 18.5. The minimum atomic E-state index is -0.223. The minimum Gasteiger partial charge on any atom is -0.379 e. The number of ether oxygens (including phenoxy) is 1. The van der Waals surface area contributed by atoms with E-state index in [1.54, 1.807) is 4.90 Å². The predicted molar refractivity (Wildman–Crippen MR) is 93.5 cm³/mol. The third-order valence-corrected chi connectivity index (χ3v) is 4.17. The van der Waals surface area contributed by atoms with Crippen LogP contribution in [0.15, 0.2) is 30.3 Å². The fourth-order valence-electron chi connectivity index (χ4n) is 2.82. The third-order valence-electron chi connectivity index (χ3n) is 4.17. The van der Waals surface area contributed by atoms with Crippen LogP contribution in [0.25, 0.3) is 0 Å². The van der Waals surface area contributed by atoms with Crippen molar-refractivity contribution in [2.75, 3.05) is 26.2 Å². The van der Waals surface area contributed by atoms with Gasteiger partial charge >= 0.3 is 0 Å². The summed E-state index contributed by atoms with van der Waals surface area (Å²) in [6.45, 7) is 6.43. The lowest BCUT2D eigenvalue weighted by atomic mass is 10.1. The highest BCUT2D eigenvalue weighted by atomic mass is 16.5. The Hall–Kier alpha value is -1.88. The van der Waals surface area contributed by atoms with Crippen LogP contribution < -0.4 is 5.32 Å². The summed E-state index contributed by atoms with van der Waals surface area (Å²) in [6.07, 6.45) is 2.16. The molecule has 5 nitrogen and oxygen atoms in total. The molecule has 0 aliphatic carbocycles. The molecule has 2 rings (SSSR count). The minimum absolute atomic E-state index is 0.0184. The number of carbonyl (C=O) groups is 2. The molecule has 1 aromatic carbocycles. The van der Waals surface area contributed by atoms with E-state index >= 15 is 0 Å². The van der Waals surface area contributed by atoms with Gasteiger partial charge in [-0.15, -0.1) is 0 Å². The molecule has 0 saturated carbocycles. The monoisotopic (exact) mass is 332 g/mol. The van der Waals surface area contributed by atoms with E-state index < -0.39 is 0 Å². The molecule has 0 bridgehead atoms. The lowest BCUT2D eigenvalue weighted by Gasteiger charge is -2.16. The molecule has 1 N–H and O–H groups in total. The molecular weight excluding hydrogens is 304 g/mol. The summed E-state index contributed by atoms with van der Waals surface area (Å²) >= 11 is 0. The number of carbonyl (C=O) groups excluding carboxylic acids is 2. The van der Waals surface area contributed by atoms with Gasteiger partial charge in [0.05, 0.1) is 12.0 Å². The molecule has 0 unspecified atom stereocenters. The Bertz CT molecular complexity index is 531.